The van der Waals surface area contributed by atoms with Gasteiger partial charge in [0, 0.05) is 16.6 Å². The lowest BCUT2D eigenvalue weighted by Crippen LogP contribution is -1.99. The number of rotatable bonds is 3. The molecule has 2 rings (SSSR count). The predicted molar refractivity (Wildman–Crippen MR) is 66.8 cm³/mol. The molecule has 2 aromatic rings. The van der Waals surface area contributed by atoms with Crippen molar-refractivity contribution in [2.45, 2.75) is 20.5 Å². The Morgan fingerprint density at radius 1 is 1.38 bits per heavy atom. The van der Waals surface area contributed by atoms with Gasteiger partial charge < -0.3 is 10.5 Å². The molecule has 0 aliphatic carbocycles. The van der Waals surface area contributed by atoms with Crippen molar-refractivity contribution in [3.8, 4) is 5.75 Å². The summed E-state index contributed by atoms with van der Waals surface area (Å²) < 4.78 is 5.68. The first-order valence-electron chi connectivity index (χ1n) is 5.05. The Morgan fingerprint density at radius 3 is 2.88 bits per heavy atom. The quantitative estimate of drug-likeness (QED) is 0.831. The minimum absolute atomic E-state index is 0.495. The molecule has 1 aromatic carbocycles. The molecule has 0 fully saturated rings. The molecule has 0 saturated heterocycles. The summed E-state index contributed by atoms with van der Waals surface area (Å²) in [6, 6.07) is 5.68. The maximum atomic E-state index is 5.80. The largest absolute Gasteiger partial charge is 0.487 e. The number of nitrogen functional groups attached to an aromatic ring is 1. The average molecular weight is 234 g/mol. The summed E-state index contributed by atoms with van der Waals surface area (Å²) in [4.78, 5) is 4.34. The summed E-state index contributed by atoms with van der Waals surface area (Å²) in [6.07, 6.45) is 0. The Kier molecular flexibility index (Phi) is 3.10. The highest BCUT2D eigenvalue weighted by Gasteiger charge is 2.04. The number of thiazole rings is 1. The fourth-order valence-electron chi connectivity index (χ4n) is 1.41. The second kappa shape index (κ2) is 4.53. The number of nitrogens with two attached hydrogens (primary N) is 1. The van der Waals surface area contributed by atoms with Crippen LogP contribution < -0.4 is 10.5 Å². The fraction of sp³-hybridized carbons (Fsp3) is 0.250. The zero-order valence-electron chi connectivity index (χ0n) is 9.36. The summed E-state index contributed by atoms with van der Waals surface area (Å²) >= 11 is 1.63. The molecule has 0 radical (unpaired) electrons. The van der Waals surface area contributed by atoms with Crippen molar-refractivity contribution in [1.82, 2.24) is 4.98 Å². The van der Waals surface area contributed by atoms with Gasteiger partial charge in [0.1, 0.15) is 12.4 Å². The number of anilines is 1. The molecule has 0 aliphatic heterocycles. The Balaban J connectivity index is 2.07. The molecule has 0 amide bonds. The molecule has 0 atom stereocenters. The zero-order chi connectivity index (χ0) is 11.5. The highest BCUT2D eigenvalue weighted by Crippen LogP contribution is 2.23. The first-order valence-corrected chi connectivity index (χ1v) is 5.93. The number of hydrogen-bond acceptors (Lipinski definition) is 4. The van der Waals surface area contributed by atoms with Crippen LogP contribution >= 0.6 is 11.3 Å². The molecule has 3 nitrogen and oxygen atoms in total. The first-order chi connectivity index (χ1) is 7.66. The lowest BCUT2D eigenvalue weighted by Gasteiger charge is -2.09. The van der Waals surface area contributed by atoms with E-state index in [4.69, 9.17) is 10.5 Å². The molecule has 16 heavy (non-hydrogen) atoms. The Morgan fingerprint density at radius 2 is 2.19 bits per heavy atom. The van der Waals surface area contributed by atoms with E-state index in [1.54, 1.807) is 11.3 Å². The third-order valence-electron chi connectivity index (χ3n) is 2.37. The van der Waals surface area contributed by atoms with Gasteiger partial charge in [0.15, 0.2) is 0 Å². The van der Waals surface area contributed by atoms with Crippen molar-refractivity contribution in [2.24, 2.45) is 0 Å². The summed E-state index contributed by atoms with van der Waals surface area (Å²) in [5.74, 6) is 0.825. The number of hydrogen-bond donors (Lipinski definition) is 1. The van der Waals surface area contributed by atoms with E-state index in [0.29, 0.717) is 6.61 Å². The fourth-order valence-corrected chi connectivity index (χ4v) is 2.01. The van der Waals surface area contributed by atoms with Gasteiger partial charge in [-0.25, -0.2) is 4.98 Å². The van der Waals surface area contributed by atoms with E-state index in [0.717, 1.165) is 27.7 Å². The van der Waals surface area contributed by atoms with Crippen LogP contribution in [0.25, 0.3) is 0 Å². The van der Waals surface area contributed by atoms with Crippen molar-refractivity contribution < 1.29 is 4.74 Å². The van der Waals surface area contributed by atoms with E-state index < -0.39 is 0 Å². The van der Waals surface area contributed by atoms with Crippen LogP contribution in [0.15, 0.2) is 23.6 Å². The van der Waals surface area contributed by atoms with Crippen LogP contribution in [-0.4, -0.2) is 4.98 Å². The molecule has 2 N–H and O–H groups in total. The second-order valence-corrected chi connectivity index (χ2v) is 4.68. The van der Waals surface area contributed by atoms with Crippen LogP contribution in [0.3, 0.4) is 0 Å². The lowest BCUT2D eigenvalue weighted by molar-refractivity contribution is 0.300. The molecule has 0 unspecified atom stereocenters. The van der Waals surface area contributed by atoms with Crippen molar-refractivity contribution in [2.75, 3.05) is 5.73 Å². The maximum absolute atomic E-state index is 5.80. The van der Waals surface area contributed by atoms with Gasteiger partial charge in [0.25, 0.3) is 0 Å². The minimum atomic E-state index is 0.495. The Hall–Kier alpha value is -1.55. The molecule has 1 heterocycles. The SMILES string of the molecule is Cc1nc(COc2cccc(N)c2C)cs1. The standard InChI is InChI=1S/C12H14N2OS/c1-8-11(13)4-3-5-12(8)15-6-10-7-16-9(2)14-10/h3-5,7H,6,13H2,1-2H3. The van der Waals surface area contributed by atoms with E-state index in [1.165, 1.54) is 0 Å². The number of nitrogens with zero attached hydrogens (tertiary/aromatic N) is 1. The monoisotopic (exact) mass is 234 g/mol. The number of aromatic nitrogens is 1. The van der Waals surface area contributed by atoms with Crippen LogP contribution in [0.4, 0.5) is 5.69 Å². The van der Waals surface area contributed by atoms with Gasteiger partial charge in [-0.2, -0.15) is 0 Å². The first kappa shape index (κ1) is 11.0. The van der Waals surface area contributed by atoms with Gasteiger partial charge in [-0.05, 0) is 26.0 Å². The van der Waals surface area contributed by atoms with Crippen LogP contribution in [0.2, 0.25) is 0 Å². The molecule has 4 heteroatoms. The molecule has 84 valence electrons. The average Bonchev–Trinajstić information content (AvgIpc) is 2.67. The van der Waals surface area contributed by atoms with E-state index in [-0.39, 0.29) is 0 Å². The van der Waals surface area contributed by atoms with Crippen molar-refractivity contribution in [1.29, 1.82) is 0 Å². The molecular formula is C12H14N2OS. The van der Waals surface area contributed by atoms with Gasteiger partial charge in [-0.1, -0.05) is 6.07 Å². The predicted octanol–water partition coefficient (Wildman–Crippen LogP) is 2.92. The van der Waals surface area contributed by atoms with Gasteiger partial charge in [-0.3, -0.25) is 0 Å². The minimum Gasteiger partial charge on any atom is -0.487 e. The van der Waals surface area contributed by atoms with Gasteiger partial charge in [0.2, 0.25) is 0 Å². The number of benzene rings is 1. The van der Waals surface area contributed by atoms with E-state index >= 15 is 0 Å². The number of aryl methyl sites for hydroxylation is 1. The van der Waals surface area contributed by atoms with Crippen molar-refractivity contribution in [3.05, 3.63) is 39.8 Å². The molecule has 0 aliphatic rings. The van der Waals surface area contributed by atoms with Crippen LogP contribution in [0.5, 0.6) is 5.75 Å². The Bertz CT molecular complexity index is 494. The summed E-state index contributed by atoms with van der Waals surface area (Å²) in [7, 11) is 0. The maximum Gasteiger partial charge on any atom is 0.131 e. The topological polar surface area (TPSA) is 48.1 Å². The highest BCUT2D eigenvalue weighted by atomic mass is 32.1. The zero-order valence-corrected chi connectivity index (χ0v) is 10.2. The highest BCUT2D eigenvalue weighted by molar-refractivity contribution is 7.09. The molecule has 0 saturated carbocycles. The number of ether oxygens (including phenoxy) is 1. The molecule has 0 spiro atoms. The third-order valence-corrected chi connectivity index (χ3v) is 3.19. The summed E-state index contributed by atoms with van der Waals surface area (Å²) in [5, 5.41) is 3.07. The van der Waals surface area contributed by atoms with Crippen molar-refractivity contribution in [3.63, 3.8) is 0 Å². The summed E-state index contributed by atoms with van der Waals surface area (Å²) in [5.41, 5.74) is 8.50. The third kappa shape index (κ3) is 2.33. The molecule has 0 bridgehead atoms. The van der Waals surface area contributed by atoms with Crippen molar-refractivity contribution >= 4 is 17.0 Å². The molecule has 1 aromatic heterocycles. The summed E-state index contributed by atoms with van der Waals surface area (Å²) in [6.45, 7) is 4.44. The molecular weight excluding hydrogens is 220 g/mol. The van der Waals surface area contributed by atoms with Crippen LogP contribution in [0, 0.1) is 13.8 Å². The van der Waals surface area contributed by atoms with E-state index in [1.807, 2.05) is 37.4 Å². The van der Waals surface area contributed by atoms with Gasteiger partial charge in [0.05, 0.1) is 10.7 Å². The lowest BCUT2D eigenvalue weighted by atomic mass is 10.2. The normalized spacial score (nSPS) is 10.4. The van der Waals surface area contributed by atoms with Gasteiger partial charge in [-0.15, -0.1) is 11.3 Å². The van der Waals surface area contributed by atoms with Crippen LogP contribution in [-0.2, 0) is 6.61 Å². The van der Waals surface area contributed by atoms with Gasteiger partial charge >= 0.3 is 0 Å². The smallest absolute Gasteiger partial charge is 0.131 e. The second-order valence-electron chi connectivity index (χ2n) is 3.62. The van der Waals surface area contributed by atoms with Crippen LogP contribution in [0.1, 0.15) is 16.3 Å². The van der Waals surface area contributed by atoms with E-state index in [9.17, 15) is 0 Å². The van der Waals surface area contributed by atoms with E-state index in [2.05, 4.69) is 4.98 Å². The Labute approximate surface area is 98.9 Å².